The van der Waals surface area contributed by atoms with Crippen molar-refractivity contribution < 1.29 is 14.7 Å². The lowest BCUT2D eigenvalue weighted by Gasteiger charge is -2.25. The van der Waals surface area contributed by atoms with E-state index in [0.717, 1.165) is 18.5 Å². The Morgan fingerprint density at radius 3 is 2.62 bits per heavy atom. The van der Waals surface area contributed by atoms with Crippen LogP contribution in [-0.2, 0) is 0 Å². The van der Waals surface area contributed by atoms with Crippen molar-refractivity contribution in [3.05, 3.63) is 66.3 Å². The predicted molar refractivity (Wildman–Crippen MR) is 125 cm³/mol. The normalized spacial score (nSPS) is 15.4. The number of aliphatic imine (C=N–C) groups is 1. The van der Waals surface area contributed by atoms with Gasteiger partial charge in [-0.1, -0.05) is 0 Å². The smallest absolute Gasteiger partial charge is 0.276 e. The Labute approximate surface area is 195 Å². The van der Waals surface area contributed by atoms with E-state index in [1.807, 2.05) is 12.1 Å². The first-order valence-corrected chi connectivity index (χ1v) is 10.9. The molecule has 11 heteroatoms. The number of carbonyl (C=O) groups is 2. The van der Waals surface area contributed by atoms with Gasteiger partial charge in [-0.15, -0.1) is 0 Å². The first-order valence-electron chi connectivity index (χ1n) is 10.9. The topological polar surface area (TPSA) is 146 Å². The minimum atomic E-state index is -0.480. The third-order valence-electron chi connectivity index (χ3n) is 5.55. The number of hydrogen-bond donors (Lipinski definition) is 3. The summed E-state index contributed by atoms with van der Waals surface area (Å²) in [5.74, 6) is -0.559. The average Bonchev–Trinajstić information content (AvgIpc) is 3.70. The summed E-state index contributed by atoms with van der Waals surface area (Å²) >= 11 is 0. The van der Waals surface area contributed by atoms with Crippen molar-refractivity contribution in [2.24, 2.45) is 4.99 Å². The van der Waals surface area contributed by atoms with Gasteiger partial charge >= 0.3 is 0 Å². The number of aliphatic hydroxyl groups excluding tert-OH is 1. The van der Waals surface area contributed by atoms with Gasteiger partial charge in [-0.3, -0.25) is 19.6 Å². The van der Waals surface area contributed by atoms with Crippen molar-refractivity contribution in [2.45, 2.75) is 18.8 Å². The molecule has 3 aromatic rings. The Hall–Kier alpha value is -4.41. The van der Waals surface area contributed by atoms with E-state index < -0.39 is 5.91 Å². The van der Waals surface area contributed by atoms with Crippen molar-refractivity contribution in [3.8, 4) is 0 Å². The number of nitrogens with one attached hydrogen (secondary N) is 2. The molecule has 1 fully saturated rings. The second-order valence-corrected chi connectivity index (χ2v) is 8.06. The van der Waals surface area contributed by atoms with Crippen LogP contribution in [0.5, 0.6) is 0 Å². The van der Waals surface area contributed by atoms with Crippen LogP contribution < -0.4 is 10.6 Å². The van der Waals surface area contributed by atoms with Crippen molar-refractivity contribution >= 4 is 34.8 Å². The van der Waals surface area contributed by atoms with E-state index >= 15 is 0 Å². The van der Waals surface area contributed by atoms with Gasteiger partial charge in [0.1, 0.15) is 6.33 Å². The van der Waals surface area contributed by atoms with Crippen LogP contribution in [0.4, 0.5) is 17.1 Å². The molecule has 0 aromatic carbocycles. The summed E-state index contributed by atoms with van der Waals surface area (Å²) < 4.78 is 0. The van der Waals surface area contributed by atoms with Gasteiger partial charge in [-0.05, 0) is 31.0 Å². The number of aliphatic hydroxyl groups is 1. The molecule has 3 aromatic heterocycles. The van der Waals surface area contributed by atoms with Crippen molar-refractivity contribution in [2.75, 3.05) is 30.3 Å². The zero-order valence-electron chi connectivity index (χ0n) is 18.2. The first-order chi connectivity index (χ1) is 16.6. The van der Waals surface area contributed by atoms with Crippen LogP contribution in [0.25, 0.3) is 0 Å². The highest BCUT2D eigenvalue weighted by Gasteiger charge is 2.28. The van der Waals surface area contributed by atoms with Crippen LogP contribution in [0.3, 0.4) is 0 Å². The van der Waals surface area contributed by atoms with E-state index in [1.54, 1.807) is 12.4 Å². The summed E-state index contributed by atoms with van der Waals surface area (Å²) in [6.45, 7) is 0.712. The molecular formula is C23H22N8O3. The molecule has 0 saturated heterocycles. The molecule has 2 amide bonds. The molecule has 0 unspecified atom stereocenters. The molecule has 172 valence electrons. The average molecular weight is 458 g/mol. The Balaban J connectivity index is 1.43. The van der Waals surface area contributed by atoms with Gasteiger partial charge in [-0.25, -0.2) is 15.0 Å². The number of aromatic nitrogens is 4. The van der Waals surface area contributed by atoms with Crippen molar-refractivity contribution in [1.82, 2.24) is 24.8 Å². The van der Waals surface area contributed by atoms with Crippen LogP contribution in [0.15, 0.2) is 54.3 Å². The van der Waals surface area contributed by atoms with E-state index in [-0.39, 0.29) is 35.3 Å². The van der Waals surface area contributed by atoms with E-state index in [1.165, 1.54) is 29.7 Å². The summed E-state index contributed by atoms with van der Waals surface area (Å²) in [5.41, 5.74) is 2.67. The third kappa shape index (κ3) is 4.68. The van der Waals surface area contributed by atoms with Gasteiger partial charge in [0, 0.05) is 24.4 Å². The van der Waals surface area contributed by atoms with Gasteiger partial charge in [-0.2, -0.15) is 0 Å². The maximum atomic E-state index is 13.4. The summed E-state index contributed by atoms with van der Waals surface area (Å²) in [7, 11) is 0. The van der Waals surface area contributed by atoms with Gasteiger partial charge in [0.25, 0.3) is 11.8 Å². The lowest BCUT2D eigenvalue weighted by atomic mass is 10.1. The second kappa shape index (κ2) is 9.22. The van der Waals surface area contributed by atoms with Gasteiger partial charge in [0.2, 0.25) is 5.90 Å². The van der Waals surface area contributed by atoms with Crippen LogP contribution in [0.2, 0.25) is 0 Å². The number of pyridine rings is 2. The van der Waals surface area contributed by atoms with Crippen molar-refractivity contribution in [3.63, 3.8) is 0 Å². The third-order valence-corrected chi connectivity index (χ3v) is 5.55. The monoisotopic (exact) mass is 458 g/mol. The lowest BCUT2D eigenvalue weighted by molar-refractivity contribution is 0.0772. The largest absolute Gasteiger partial charge is 0.495 e. The maximum Gasteiger partial charge on any atom is 0.276 e. The molecule has 34 heavy (non-hydrogen) atoms. The number of amides is 2. The first kappa shape index (κ1) is 21.4. The number of anilines is 3. The van der Waals surface area contributed by atoms with Crippen LogP contribution in [0, 0.1) is 0 Å². The quantitative estimate of drug-likeness (QED) is 0.511. The van der Waals surface area contributed by atoms with Crippen LogP contribution in [-0.4, -0.2) is 67.3 Å². The molecule has 4 heterocycles. The fourth-order valence-corrected chi connectivity index (χ4v) is 3.68. The number of nitrogens with zero attached hydrogens (tertiary/aromatic N) is 6. The van der Waals surface area contributed by atoms with Gasteiger partial charge in [0.15, 0.2) is 5.69 Å². The predicted octanol–water partition coefficient (Wildman–Crippen LogP) is 2.55. The molecule has 0 atom stereocenters. The molecule has 0 bridgehead atoms. The minimum Gasteiger partial charge on any atom is -0.495 e. The Bertz CT molecular complexity index is 1260. The second-order valence-electron chi connectivity index (χ2n) is 8.06. The minimum absolute atomic E-state index is 0.0206. The lowest BCUT2D eigenvalue weighted by Crippen LogP contribution is -2.41. The molecule has 0 radical (unpaired) electrons. The SMILES string of the molecule is O=C(Nc1cnccc1C(=O)N1CCN=C(O)C1)c1nc(C2CC2)ccc1Nc1cncnc1. The van der Waals surface area contributed by atoms with E-state index in [4.69, 9.17) is 0 Å². The van der Waals surface area contributed by atoms with Crippen molar-refractivity contribution in [1.29, 1.82) is 0 Å². The summed E-state index contributed by atoms with van der Waals surface area (Å²) in [5, 5.41) is 15.7. The number of hydrogen-bond acceptors (Lipinski definition) is 8. The standard InChI is InChI=1S/C23H22N8O3/c32-20-12-31(8-7-27-20)23(34)16-5-6-24-11-19(16)30-22(33)21-18(28-15-9-25-13-26-10-15)4-3-17(29-21)14-1-2-14/h3-6,9-11,13-14,28H,1-2,7-8,12H2,(H,27,32)(H,30,33). The Morgan fingerprint density at radius 2 is 1.85 bits per heavy atom. The molecule has 3 N–H and O–H groups in total. The van der Waals surface area contributed by atoms with Crippen LogP contribution >= 0.6 is 0 Å². The highest BCUT2D eigenvalue weighted by atomic mass is 16.3. The van der Waals surface area contributed by atoms with E-state index in [9.17, 15) is 14.7 Å². The van der Waals surface area contributed by atoms with E-state index in [0.29, 0.717) is 30.4 Å². The van der Waals surface area contributed by atoms with Gasteiger partial charge in [0.05, 0.1) is 54.3 Å². The van der Waals surface area contributed by atoms with E-state index in [2.05, 4.69) is 35.6 Å². The Morgan fingerprint density at radius 1 is 1.03 bits per heavy atom. The molecule has 11 nitrogen and oxygen atoms in total. The molecule has 2 aliphatic rings. The molecular weight excluding hydrogens is 436 g/mol. The fourth-order valence-electron chi connectivity index (χ4n) is 3.68. The molecule has 0 spiro atoms. The zero-order valence-corrected chi connectivity index (χ0v) is 18.2. The summed E-state index contributed by atoms with van der Waals surface area (Å²) in [6, 6.07) is 5.26. The highest BCUT2D eigenvalue weighted by molar-refractivity contribution is 6.10. The highest BCUT2D eigenvalue weighted by Crippen LogP contribution is 2.39. The molecule has 1 aliphatic heterocycles. The summed E-state index contributed by atoms with van der Waals surface area (Å²) in [6.07, 6.45) is 9.60. The summed E-state index contributed by atoms with van der Waals surface area (Å²) in [4.78, 5) is 48.5. The number of rotatable bonds is 6. The molecule has 1 saturated carbocycles. The fraction of sp³-hybridized carbons (Fsp3) is 0.261. The maximum absolute atomic E-state index is 13.4. The number of carbonyl (C=O) groups excluding carboxylic acids is 2. The Kier molecular flexibility index (Phi) is 5.81. The zero-order chi connectivity index (χ0) is 23.5. The molecule has 5 rings (SSSR count). The van der Waals surface area contributed by atoms with Gasteiger partial charge < -0.3 is 20.6 Å². The van der Waals surface area contributed by atoms with Crippen LogP contribution in [0.1, 0.15) is 45.3 Å². The molecule has 1 aliphatic carbocycles.